The third-order valence-electron chi connectivity index (χ3n) is 4.56. The van der Waals surface area contributed by atoms with Gasteiger partial charge >= 0.3 is 0 Å². The van der Waals surface area contributed by atoms with Crippen molar-refractivity contribution in [3.63, 3.8) is 0 Å². The Labute approximate surface area is 162 Å². The van der Waals surface area contributed by atoms with Gasteiger partial charge < -0.3 is 5.32 Å². The van der Waals surface area contributed by atoms with E-state index in [2.05, 4.69) is 27.5 Å². The number of hydrogen-bond donors (Lipinski definition) is 1. The standard InChI is InChI=1S/C23H17N5/c1-3-8-17(9-4-1)23-22(20-12-7-14-25-28(20)27-23)18-13-15-24-21(16-18)26-19-10-5-2-6-11-19/h1-16H,(H,24,26). The quantitative estimate of drug-likeness (QED) is 0.477. The molecule has 28 heavy (non-hydrogen) atoms. The number of nitrogens with one attached hydrogen (secondary N) is 1. The van der Waals surface area contributed by atoms with Gasteiger partial charge in [0.05, 0.1) is 5.52 Å². The van der Waals surface area contributed by atoms with E-state index >= 15 is 0 Å². The topological polar surface area (TPSA) is 55.1 Å². The lowest BCUT2D eigenvalue weighted by molar-refractivity contribution is 0.803. The Balaban J connectivity index is 1.66. The van der Waals surface area contributed by atoms with Crippen molar-refractivity contribution in [3.8, 4) is 22.4 Å². The third-order valence-corrected chi connectivity index (χ3v) is 4.56. The summed E-state index contributed by atoms with van der Waals surface area (Å²) in [5.41, 5.74) is 5.98. The fourth-order valence-electron chi connectivity index (χ4n) is 3.30. The minimum Gasteiger partial charge on any atom is -0.340 e. The van der Waals surface area contributed by atoms with E-state index in [0.717, 1.165) is 39.4 Å². The minimum atomic E-state index is 0.783. The first-order valence-corrected chi connectivity index (χ1v) is 9.06. The van der Waals surface area contributed by atoms with Crippen LogP contribution >= 0.6 is 0 Å². The average molecular weight is 363 g/mol. The largest absolute Gasteiger partial charge is 0.340 e. The summed E-state index contributed by atoms with van der Waals surface area (Å²) in [5.74, 6) is 0.783. The van der Waals surface area contributed by atoms with Crippen molar-refractivity contribution >= 4 is 17.0 Å². The molecule has 5 nitrogen and oxygen atoms in total. The lowest BCUT2D eigenvalue weighted by Gasteiger charge is -2.08. The van der Waals surface area contributed by atoms with Crippen LogP contribution in [0.25, 0.3) is 27.9 Å². The van der Waals surface area contributed by atoms with Crippen LogP contribution in [0.4, 0.5) is 11.5 Å². The maximum absolute atomic E-state index is 4.74. The van der Waals surface area contributed by atoms with Gasteiger partial charge in [-0.15, -0.1) is 5.10 Å². The van der Waals surface area contributed by atoms with E-state index < -0.39 is 0 Å². The molecule has 3 heterocycles. The molecule has 0 aliphatic carbocycles. The van der Waals surface area contributed by atoms with Gasteiger partial charge in [0.25, 0.3) is 0 Å². The first-order chi connectivity index (χ1) is 13.9. The SMILES string of the molecule is c1ccc(Nc2cc(-c3c(-c4ccccc4)nn4ncccc34)ccn2)cc1. The first-order valence-electron chi connectivity index (χ1n) is 9.06. The van der Waals surface area contributed by atoms with Crippen LogP contribution in [0, 0.1) is 0 Å². The van der Waals surface area contributed by atoms with Gasteiger partial charge in [0, 0.05) is 29.2 Å². The van der Waals surface area contributed by atoms with Gasteiger partial charge in [0.1, 0.15) is 11.5 Å². The molecule has 3 aromatic heterocycles. The van der Waals surface area contributed by atoms with Gasteiger partial charge in [-0.05, 0) is 42.0 Å². The Hall–Kier alpha value is -3.99. The molecule has 0 atom stereocenters. The Bertz CT molecular complexity index is 1230. The monoisotopic (exact) mass is 363 g/mol. The molecule has 0 aliphatic heterocycles. The van der Waals surface area contributed by atoms with E-state index in [0.29, 0.717) is 0 Å². The zero-order valence-electron chi connectivity index (χ0n) is 15.0. The van der Waals surface area contributed by atoms with Crippen molar-refractivity contribution in [1.82, 2.24) is 19.8 Å². The molecule has 0 saturated heterocycles. The normalized spacial score (nSPS) is 10.9. The molecule has 0 spiro atoms. The number of rotatable bonds is 4. The van der Waals surface area contributed by atoms with Crippen LogP contribution in [-0.2, 0) is 0 Å². The number of anilines is 2. The van der Waals surface area contributed by atoms with E-state index in [4.69, 9.17) is 5.10 Å². The van der Waals surface area contributed by atoms with E-state index in [1.165, 1.54) is 0 Å². The summed E-state index contributed by atoms with van der Waals surface area (Å²) in [6.07, 6.45) is 3.56. The predicted molar refractivity (Wildman–Crippen MR) is 111 cm³/mol. The summed E-state index contributed by atoms with van der Waals surface area (Å²) in [5, 5.41) is 12.5. The summed E-state index contributed by atoms with van der Waals surface area (Å²) in [6, 6.07) is 28.2. The molecule has 5 rings (SSSR count). The van der Waals surface area contributed by atoms with Crippen LogP contribution in [0.5, 0.6) is 0 Å². The van der Waals surface area contributed by atoms with Crippen LogP contribution in [0.3, 0.4) is 0 Å². The Morgan fingerprint density at radius 2 is 1.50 bits per heavy atom. The summed E-state index contributed by atoms with van der Waals surface area (Å²) in [4.78, 5) is 4.47. The second-order valence-corrected chi connectivity index (χ2v) is 6.41. The van der Waals surface area contributed by atoms with Crippen molar-refractivity contribution in [1.29, 1.82) is 0 Å². The third kappa shape index (κ3) is 2.99. The fraction of sp³-hybridized carbons (Fsp3) is 0. The van der Waals surface area contributed by atoms with E-state index in [-0.39, 0.29) is 0 Å². The molecule has 0 unspecified atom stereocenters. The van der Waals surface area contributed by atoms with Crippen molar-refractivity contribution in [2.45, 2.75) is 0 Å². The van der Waals surface area contributed by atoms with Gasteiger partial charge in [0.15, 0.2) is 0 Å². The molecular weight excluding hydrogens is 346 g/mol. The van der Waals surface area contributed by atoms with Crippen molar-refractivity contribution in [2.24, 2.45) is 0 Å². The highest BCUT2D eigenvalue weighted by Crippen LogP contribution is 2.35. The molecule has 0 amide bonds. The molecule has 5 aromatic rings. The van der Waals surface area contributed by atoms with Gasteiger partial charge in [-0.25, -0.2) is 4.98 Å². The molecule has 2 aromatic carbocycles. The average Bonchev–Trinajstić information content (AvgIpc) is 3.15. The van der Waals surface area contributed by atoms with Gasteiger partial charge in [-0.2, -0.15) is 9.73 Å². The Morgan fingerprint density at radius 1 is 0.714 bits per heavy atom. The highest BCUT2D eigenvalue weighted by Gasteiger charge is 2.17. The number of pyridine rings is 1. The van der Waals surface area contributed by atoms with Crippen molar-refractivity contribution in [3.05, 3.63) is 97.3 Å². The van der Waals surface area contributed by atoms with Crippen LogP contribution in [-0.4, -0.2) is 19.8 Å². The Morgan fingerprint density at radius 3 is 2.32 bits per heavy atom. The maximum Gasteiger partial charge on any atom is 0.130 e. The number of para-hydroxylation sites is 1. The van der Waals surface area contributed by atoms with Crippen LogP contribution in [0.15, 0.2) is 97.3 Å². The molecule has 0 aliphatic rings. The molecule has 5 heteroatoms. The molecule has 0 fully saturated rings. The van der Waals surface area contributed by atoms with E-state index in [1.807, 2.05) is 79.0 Å². The summed E-state index contributed by atoms with van der Waals surface area (Å²) in [7, 11) is 0. The summed E-state index contributed by atoms with van der Waals surface area (Å²) >= 11 is 0. The number of aromatic nitrogens is 4. The van der Waals surface area contributed by atoms with Crippen molar-refractivity contribution in [2.75, 3.05) is 5.32 Å². The highest BCUT2D eigenvalue weighted by atomic mass is 15.4. The fourth-order valence-corrected chi connectivity index (χ4v) is 3.30. The van der Waals surface area contributed by atoms with Gasteiger partial charge in [0.2, 0.25) is 0 Å². The second kappa shape index (κ2) is 6.96. The number of benzene rings is 2. The predicted octanol–water partition coefficient (Wildman–Crippen LogP) is 5.20. The molecule has 0 saturated carbocycles. The zero-order valence-corrected chi connectivity index (χ0v) is 15.0. The number of hydrogen-bond acceptors (Lipinski definition) is 4. The number of nitrogens with zero attached hydrogens (tertiary/aromatic N) is 4. The maximum atomic E-state index is 4.74. The zero-order chi connectivity index (χ0) is 18.8. The summed E-state index contributed by atoms with van der Waals surface area (Å²) < 4.78 is 1.68. The molecule has 1 N–H and O–H groups in total. The van der Waals surface area contributed by atoms with Crippen LogP contribution in [0.2, 0.25) is 0 Å². The second-order valence-electron chi connectivity index (χ2n) is 6.41. The van der Waals surface area contributed by atoms with Crippen LogP contribution in [0.1, 0.15) is 0 Å². The highest BCUT2D eigenvalue weighted by molar-refractivity contribution is 5.92. The lowest BCUT2D eigenvalue weighted by Crippen LogP contribution is -1.93. The van der Waals surface area contributed by atoms with E-state index in [9.17, 15) is 0 Å². The first kappa shape index (κ1) is 16.2. The summed E-state index contributed by atoms with van der Waals surface area (Å²) in [6.45, 7) is 0. The molecule has 0 bridgehead atoms. The lowest BCUT2D eigenvalue weighted by atomic mass is 10.0. The van der Waals surface area contributed by atoms with Gasteiger partial charge in [-0.3, -0.25) is 0 Å². The van der Waals surface area contributed by atoms with Crippen LogP contribution < -0.4 is 5.32 Å². The molecule has 134 valence electrons. The van der Waals surface area contributed by atoms with Crippen molar-refractivity contribution < 1.29 is 0 Å². The smallest absolute Gasteiger partial charge is 0.130 e. The van der Waals surface area contributed by atoms with E-state index in [1.54, 1.807) is 10.8 Å². The Kier molecular flexibility index (Phi) is 4.03. The number of fused-ring (bicyclic) bond motifs is 1. The molecule has 0 radical (unpaired) electrons. The van der Waals surface area contributed by atoms with Gasteiger partial charge in [-0.1, -0.05) is 48.5 Å². The molecular formula is C23H17N5. The minimum absolute atomic E-state index is 0.783.